The second-order valence-electron chi connectivity index (χ2n) is 8.62. The van der Waals surface area contributed by atoms with Crippen molar-refractivity contribution < 1.29 is 24.5 Å². The van der Waals surface area contributed by atoms with Gasteiger partial charge in [0.15, 0.2) is 0 Å². The van der Waals surface area contributed by atoms with Crippen molar-refractivity contribution in [2.24, 2.45) is 0 Å². The van der Waals surface area contributed by atoms with Crippen LogP contribution >= 0.6 is 0 Å². The second-order valence-corrected chi connectivity index (χ2v) is 8.62. The van der Waals surface area contributed by atoms with Crippen molar-refractivity contribution in [2.75, 3.05) is 6.61 Å². The first-order valence-corrected chi connectivity index (χ1v) is 12.0. The summed E-state index contributed by atoms with van der Waals surface area (Å²) < 4.78 is 7.69. The molecule has 0 spiro atoms. The Balaban J connectivity index is 1.43. The number of carbonyl (C=O) groups is 2. The number of fused-ring (bicyclic) bond motifs is 1. The number of hydrogen-bond donors (Lipinski definition) is 2. The molecule has 0 bridgehead atoms. The zero-order valence-electron chi connectivity index (χ0n) is 20.0. The number of hydrogen-bond acceptors (Lipinski definition) is 3. The fourth-order valence-electron chi connectivity index (χ4n) is 4.24. The second kappa shape index (κ2) is 11.9. The van der Waals surface area contributed by atoms with Gasteiger partial charge in [-0.2, -0.15) is 0 Å². The van der Waals surface area contributed by atoms with E-state index in [1.165, 1.54) is 5.56 Å². The van der Waals surface area contributed by atoms with Gasteiger partial charge in [-0.25, -0.2) is 4.79 Å². The molecule has 0 unspecified atom stereocenters. The first-order chi connectivity index (χ1) is 17.5. The molecule has 0 aliphatic carbocycles. The van der Waals surface area contributed by atoms with E-state index in [1.807, 2.05) is 77.4 Å². The molecule has 4 aromatic rings. The fourth-order valence-corrected chi connectivity index (χ4v) is 4.24. The molecule has 6 heteroatoms. The van der Waals surface area contributed by atoms with Crippen molar-refractivity contribution in [3.8, 4) is 5.75 Å². The largest absolute Gasteiger partial charge is 0.494 e. The Kier molecular flexibility index (Phi) is 8.19. The minimum absolute atomic E-state index is 0.0361. The molecule has 0 aliphatic heterocycles. The van der Waals surface area contributed by atoms with Crippen LogP contribution in [0.5, 0.6) is 5.75 Å². The van der Waals surface area contributed by atoms with E-state index < -0.39 is 11.9 Å². The number of aryl methyl sites for hydroxylation is 2. The molecule has 2 N–H and O–H groups in total. The van der Waals surface area contributed by atoms with Crippen molar-refractivity contribution in [2.45, 2.75) is 32.2 Å². The van der Waals surface area contributed by atoms with E-state index in [9.17, 15) is 14.7 Å². The van der Waals surface area contributed by atoms with Crippen LogP contribution in [0.2, 0.25) is 0 Å². The Labute approximate surface area is 210 Å². The molecule has 184 valence electrons. The highest BCUT2D eigenvalue weighted by Crippen LogP contribution is 2.28. The monoisotopic (exact) mass is 483 g/mol. The standard InChI is InChI=1S/C30H29NO5/c32-28(33)12-5-19-31-21-26(30(34)35)29-24(10-4-11-27(29)31)16-13-23-14-17-25(18-15-23)36-20-6-9-22-7-2-1-3-8-22/h1-4,7-8,10-11,13-18,21H,5-6,9,12,19-20H2,(H,32,33)(H,34,35). The summed E-state index contributed by atoms with van der Waals surface area (Å²) in [5, 5.41) is 19.3. The highest BCUT2D eigenvalue weighted by atomic mass is 16.5. The van der Waals surface area contributed by atoms with Gasteiger partial charge in [0.1, 0.15) is 5.75 Å². The third-order valence-corrected chi connectivity index (χ3v) is 6.02. The molecule has 1 heterocycles. The molecule has 0 amide bonds. The number of carboxylic acid groups (broad SMARTS) is 2. The van der Waals surface area contributed by atoms with E-state index in [0.29, 0.717) is 25.0 Å². The molecular formula is C30H29NO5. The van der Waals surface area contributed by atoms with Crippen molar-refractivity contribution in [1.82, 2.24) is 4.57 Å². The van der Waals surface area contributed by atoms with Crippen LogP contribution in [0.15, 0.2) is 79.0 Å². The van der Waals surface area contributed by atoms with E-state index in [-0.39, 0.29) is 12.0 Å². The Bertz CT molecular complexity index is 1350. The summed E-state index contributed by atoms with van der Waals surface area (Å²) in [6.45, 7) is 1.09. The normalized spacial score (nSPS) is 11.2. The third kappa shape index (κ3) is 6.42. The minimum Gasteiger partial charge on any atom is -0.494 e. The van der Waals surface area contributed by atoms with Gasteiger partial charge >= 0.3 is 11.9 Å². The lowest BCUT2D eigenvalue weighted by molar-refractivity contribution is -0.137. The Morgan fingerprint density at radius 3 is 2.36 bits per heavy atom. The van der Waals surface area contributed by atoms with Crippen LogP contribution in [-0.2, 0) is 17.8 Å². The van der Waals surface area contributed by atoms with Crippen molar-refractivity contribution in [3.05, 3.63) is 101 Å². The van der Waals surface area contributed by atoms with Crippen LogP contribution in [0.1, 0.15) is 46.3 Å². The van der Waals surface area contributed by atoms with Gasteiger partial charge in [-0.15, -0.1) is 0 Å². The van der Waals surface area contributed by atoms with Gasteiger partial charge in [-0.3, -0.25) is 4.79 Å². The average molecular weight is 484 g/mol. The Hall–Kier alpha value is -4.32. The summed E-state index contributed by atoms with van der Waals surface area (Å²) in [5.74, 6) is -1.06. The van der Waals surface area contributed by atoms with E-state index in [0.717, 1.165) is 35.2 Å². The molecule has 0 fully saturated rings. The van der Waals surface area contributed by atoms with Crippen molar-refractivity contribution >= 4 is 35.0 Å². The van der Waals surface area contributed by atoms with Gasteiger partial charge in [0, 0.05) is 30.1 Å². The number of nitrogens with zero attached hydrogens (tertiary/aromatic N) is 1. The zero-order chi connectivity index (χ0) is 25.3. The summed E-state index contributed by atoms with van der Waals surface area (Å²) in [7, 11) is 0. The van der Waals surface area contributed by atoms with Crippen LogP contribution in [0, 0.1) is 0 Å². The number of ether oxygens (including phenoxy) is 1. The first kappa shape index (κ1) is 24.8. The third-order valence-electron chi connectivity index (χ3n) is 6.02. The maximum absolute atomic E-state index is 11.9. The topological polar surface area (TPSA) is 88.8 Å². The minimum atomic E-state index is -1.01. The van der Waals surface area contributed by atoms with Crippen LogP contribution in [0.4, 0.5) is 0 Å². The smallest absolute Gasteiger partial charge is 0.337 e. The van der Waals surface area contributed by atoms with Crippen LogP contribution < -0.4 is 4.74 Å². The summed E-state index contributed by atoms with van der Waals surface area (Å²) in [6.07, 6.45) is 7.83. The predicted octanol–water partition coefficient (Wildman–Crippen LogP) is 6.39. The maximum Gasteiger partial charge on any atom is 0.337 e. The van der Waals surface area contributed by atoms with E-state index in [1.54, 1.807) is 6.20 Å². The highest BCUT2D eigenvalue weighted by molar-refractivity contribution is 6.07. The van der Waals surface area contributed by atoms with Crippen LogP contribution in [0.25, 0.3) is 23.1 Å². The van der Waals surface area contributed by atoms with Gasteiger partial charge in [-0.05, 0) is 54.2 Å². The lowest BCUT2D eigenvalue weighted by Crippen LogP contribution is -2.01. The van der Waals surface area contributed by atoms with Gasteiger partial charge < -0.3 is 19.5 Å². The molecule has 0 radical (unpaired) electrons. The maximum atomic E-state index is 11.9. The molecule has 3 aromatic carbocycles. The molecule has 6 nitrogen and oxygen atoms in total. The number of aromatic carboxylic acids is 1. The van der Waals surface area contributed by atoms with Crippen LogP contribution in [-0.4, -0.2) is 33.3 Å². The summed E-state index contributed by atoms with van der Waals surface area (Å²) in [5.41, 5.74) is 4.06. The Morgan fingerprint density at radius 2 is 1.64 bits per heavy atom. The number of rotatable bonds is 12. The lowest BCUT2D eigenvalue weighted by atomic mass is 10.0. The molecule has 1 aromatic heterocycles. The molecule has 4 rings (SSSR count). The zero-order valence-corrected chi connectivity index (χ0v) is 20.0. The molecule has 0 saturated heterocycles. The lowest BCUT2D eigenvalue weighted by Gasteiger charge is -2.07. The summed E-state index contributed by atoms with van der Waals surface area (Å²) >= 11 is 0. The van der Waals surface area contributed by atoms with Gasteiger partial charge in [-0.1, -0.05) is 66.7 Å². The van der Waals surface area contributed by atoms with Crippen molar-refractivity contribution in [3.63, 3.8) is 0 Å². The number of aliphatic carboxylic acids is 1. The van der Waals surface area contributed by atoms with E-state index in [2.05, 4.69) is 12.1 Å². The highest BCUT2D eigenvalue weighted by Gasteiger charge is 2.16. The molecule has 0 saturated carbocycles. The fraction of sp³-hybridized carbons (Fsp3) is 0.200. The van der Waals surface area contributed by atoms with E-state index >= 15 is 0 Å². The quantitative estimate of drug-likeness (QED) is 0.180. The van der Waals surface area contributed by atoms with Gasteiger partial charge in [0.25, 0.3) is 0 Å². The molecule has 36 heavy (non-hydrogen) atoms. The Morgan fingerprint density at radius 1 is 0.861 bits per heavy atom. The number of carboxylic acids is 2. The van der Waals surface area contributed by atoms with Gasteiger partial charge in [0.05, 0.1) is 12.2 Å². The average Bonchev–Trinajstić information content (AvgIpc) is 3.26. The number of benzene rings is 3. The van der Waals surface area contributed by atoms with E-state index in [4.69, 9.17) is 9.84 Å². The first-order valence-electron chi connectivity index (χ1n) is 12.0. The summed E-state index contributed by atoms with van der Waals surface area (Å²) in [6, 6.07) is 23.8. The summed E-state index contributed by atoms with van der Waals surface area (Å²) in [4.78, 5) is 22.8. The van der Waals surface area contributed by atoms with Crippen molar-refractivity contribution in [1.29, 1.82) is 0 Å². The molecule has 0 aliphatic rings. The molecule has 0 atom stereocenters. The number of aromatic nitrogens is 1. The molecular weight excluding hydrogens is 454 g/mol. The van der Waals surface area contributed by atoms with Crippen LogP contribution in [0.3, 0.4) is 0 Å². The SMILES string of the molecule is O=C(O)CCCn1cc(C(=O)O)c2c(C=Cc3ccc(OCCCc4ccccc4)cc3)cccc21. The van der Waals surface area contributed by atoms with Gasteiger partial charge in [0.2, 0.25) is 0 Å². The predicted molar refractivity (Wildman–Crippen MR) is 141 cm³/mol.